The summed E-state index contributed by atoms with van der Waals surface area (Å²) in [5.41, 5.74) is 1.91. The van der Waals surface area contributed by atoms with E-state index in [1.807, 2.05) is 0 Å². The molecule has 6 heteroatoms. The van der Waals surface area contributed by atoms with Gasteiger partial charge in [-0.3, -0.25) is 5.10 Å². The fraction of sp³-hybridized carbons (Fsp3) is 0.692. The molecule has 1 aromatic rings. The van der Waals surface area contributed by atoms with Crippen LogP contribution in [0.4, 0.5) is 0 Å². The Kier molecular flexibility index (Phi) is 2.87. The summed E-state index contributed by atoms with van der Waals surface area (Å²) in [7, 11) is 1.59. The Labute approximate surface area is 111 Å². The normalized spacial score (nSPS) is 32.3. The summed E-state index contributed by atoms with van der Waals surface area (Å²) in [4.78, 5) is 11.3. The number of nitrogens with zero attached hydrogens (tertiary/aromatic N) is 1. The zero-order valence-corrected chi connectivity index (χ0v) is 11.1. The maximum Gasteiger partial charge on any atom is 0.356 e. The lowest BCUT2D eigenvalue weighted by Gasteiger charge is -2.47. The van der Waals surface area contributed by atoms with Gasteiger partial charge in [0, 0.05) is 29.7 Å². The standard InChI is InChI=1S/C13H18N2O4/c1-13-4-3-7(8(5-13)19-6-18-2)9-10(12(16)17)14-15-11(9)13/h7-8H,3-6H2,1-2H3,(H,14,15)(H,16,17). The van der Waals surface area contributed by atoms with Crippen LogP contribution < -0.4 is 0 Å². The zero-order valence-electron chi connectivity index (χ0n) is 11.1. The van der Waals surface area contributed by atoms with Gasteiger partial charge in [0.05, 0.1) is 6.10 Å². The lowest BCUT2D eigenvalue weighted by molar-refractivity contribution is -0.103. The first-order valence-corrected chi connectivity index (χ1v) is 6.49. The molecule has 3 atom stereocenters. The third-order valence-corrected chi connectivity index (χ3v) is 4.49. The van der Waals surface area contributed by atoms with Crippen molar-refractivity contribution in [3.8, 4) is 0 Å². The molecule has 3 aliphatic rings. The second-order valence-electron chi connectivity index (χ2n) is 5.69. The van der Waals surface area contributed by atoms with E-state index in [9.17, 15) is 9.90 Å². The number of methoxy groups -OCH3 is 1. The predicted molar refractivity (Wildman–Crippen MR) is 66.2 cm³/mol. The first-order valence-electron chi connectivity index (χ1n) is 6.49. The van der Waals surface area contributed by atoms with Crippen molar-refractivity contribution in [3.63, 3.8) is 0 Å². The fourth-order valence-corrected chi connectivity index (χ4v) is 3.57. The number of ether oxygens (including phenoxy) is 2. The lowest BCUT2D eigenvalue weighted by Crippen LogP contribution is -2.45. The van der Waals surface area contributed by atoms with E-state index in [4.69, 9.17) is 9.47 Å². The molecular formula is C13H18N2O4. The van der Waals surface area contributed by atoms with E-state index in [-0.39, 0.29) is 29.9 Å². The van der Waals surface area contributed by atoms with Gasteiger partial charge in [0.1, 0.15) is 6.79 Å². The van der Waals surface area contributed by atoms with Crippen LogP contribution in [-0.2, 0) is 14.9 Å². The summed E-state index contributed by atoms with van der Waals surface area (Å²) in [6, 6.07) is 0. The third kappa shape index (κ3) is 1.78. The van der Waals surface area contributed by atoms with Gasteiger partial charge < -0.3 is 14.6 Å². The van der Waals surface area contributed by atoms with E-state index in [0.29, 0.717) is 0 Å². The maximum absolute atomic E-state index is 11.3. The van der Waals surface area contributed by atoms with Crippen molar-refractivity contribution in [2.45, 2.75) is 43.6 Å². The second kappa shape index (κ2) is 4.31. The lowest BCUT2D eigenvalue weighted by atomic mass is 9.59. The number of rotatable bonds is 4. The molecule has 6 nitrogen and oxygen atoms in total. The molecule has 0 aliphatic heterocycles. The highest BCUT2D eigenvalue weighted by atomic mass is 16.7. The summed E-state index contributed by atoms with van der Waals surface area (Å²) in [6.45, 7) is 2.39. The van der Waals surface area contributed by atoms with Gasteiger partial charge in [-0.05, 0) is 19.3 Å². The molecule has 1 aromatic heterocycles. The molecule has 4 rings (SSSR count). The Hall–Kier alpha value is -1.40. The van der Waals surface area contributed by atoms with Crippen LogP contribution in [0.15, 0.2) is 0 Å². The molecule has 2 bridgehead atoms. The summed E-state index contributed by atoms with van der Waals surface area (Å²) in [5, 5.41) is 16.2. The van der Waals surface area contributed by atoms with Crippen LogP contribution in [0.3, 0.4) is 0 Å². The van der Waals surface area contributed by atoms with Crippen molar-refractivity contribution in [1.82, 2.24) is 10.2 Å². The van der Waals surface area contributed by atoms with Gasteiger partial charge in [0.25, 0.3) is 0 Å². The van der Waals surface area contributed by atoms with Crippen molar-refractivity contribution in [1.29, 1.82) is 0 Å². The van der Waals surface area contributed by atoms with Gasteiger partial charge in [0.2, 0.25) is 0 Å². The Morgan fingerprint density at radius 2 is 2.42 bits per heavy atom. The number of hydrogen-bond acceptors (Lipinski definition) is 4. The molecule has 1 heterocycles. The molecule has 3 unspecified atom stereocenters. The van der Waals surface area contributed by atoms with Crippen LogP contribution in [0.2, 0.25) is 0 Å². The monoisotopic (exact) mass is 266 g/mol. The zero-order chi connectivity index (χ0) is 13.6. The van der Waals surface area contributed by atoms with Crippen molar-refractivity contribution in [2.75, 3.05) is 13.9 Å². The Morgan fingerprint density at radius 1 is 1.63 bits per heavy atom. The number of fused-ring (bicyclic) bond motifs is 2. The highest BCUT2D eigenvalue weighted by Crippen LogP contribution is 2.54. The molecule has 0 aromatic carbocycles. The molecule has 1 saturated carbocycles. The summed E-state index contributed by atoms with van der Waals surface area (Å²) in [6.07, 6.45) is 2.88. The van der Waals surface area contributed by atoms with Gasteiger partial charge in [-0.1, -0.05) is 6.92 Å². The number of aromatic carboxylic acids is 1. The number of H-pyrrole nitrogens is 1. The number of aromatic amines is 1. The molecule has 0 saturated heterocycles. The molecule has 3 aliphatic carbocycles. The van der Waals surface area contributed by atoms with Gasteiger partial charge in [0.15, 0.2) is 5.69 Å². The number of aromatic nitrogens is 2. The van der Waals surface area contributed by atoms with Gasteiger partial charge in [-0.25, -0.2) is 4.79 Å². The van der Waals surface area contributed by atoms with Crippen molar-refractivity contribution in [3.05, 3.63) is 17.0 Å². The van der Waals surface area contributed by atoms with Crippen molar-refractivity contribution in [2.24, 2.45) is 0 Å². The maximum atomic E-state index is 11.3. The van der Waals surface area contributed by atoms with E-state index < -0.39 is 5.97 Å². The van der Waals surface area contributed by atoms with Gasteiger partial charge >= 0.3 is 5.97 Å². The molecule has 0 spiro atoms. The molecule has 0 radical (unpaired) electrons. The van der Waals surface area contributed by atoms with E-state index in [0.717, 1.165) is 30.5 Å². The molecule has 0 amide bonds. The van der Waals surface area contributed by atoms with Gasteiger partial charge in [-0.2, -0.15) is 5.10 Å². The van der Waals surface area contributed by atoms with Crippen molar-refractivity contribution < 1.29 is 19.4 Å². The highest BCUT2D eigenvalue weighted by molar-refractivity contribution is 5.88. The van der Waals surface area contributed by atoms with E-state index in [1.165, 1.54) is 0 Å². The van der Waals surface area contributed by atoms with E-state index in [1.54, 1.807) is 7.11 Å². The number of carboxylic acid groups (broad SMARTS) is 1. The SMILES string of the molecule is COCOC1CC2(C)CCC1c1c(C(=O)O)n[nH]c12. The minimum absolute atomic E-state index is 0.0156. The Morgan fingerprint density at radius 3 is 3.11 bits per heavy atom. The smallest absolute Gasteiger partial charge is 0.356 e. The average molecular weight is 266 g/mol. The first-order chi connectivity index (χ1) is 9.07. The van der Waals surface area contributed by atoms with Crippen molar-refractivity contribution >= 4 is 5.97 Å². The number of carboxylic acids is 1. The first kappa shape index (κ1) is 12.6. The minimum Gasteiger partial charge on any atom is -0.476 e. The van der Waals surface area contributed by atoms with Crippen LogP contribution in [0, 0.1) is 0 Å². The molecule has 1 fully saturated rings. The largest absolute Gasteiger partial charge is 0.476 e. The van der Waals surface area contributed by atoms with Gasteiger partial charge in [-0.15, -0.1) is 0 Å². The number of nitrogens with one attached hydrogen (secondary N) is 1. The number of carbonyl (C=O) groups is 1. The molecule has 104 valence electrons. The van der Waals surface area contributed by atoms with Crippen LogP contribution in [0.5, 0.6) is 0 Å². The van der Waals surface area contributed by atoms with E-state index >= 15 is 0 Å². The average Bonchev–Trinajstić information content (AvgIpc) is 2.83. The highest BCUT2D eigenvalue weighted by Gasteiger charge is 2.50. The Bertz CT molecular complexity index is 513. The van der Waals surface area contributed by atoms with Crippen LogP contribution in [0.25, 0.3) is 0 Å². The molecular weight excluding hydrogens is 248 g/mol. The van der Waals surface area contributed by atoms with E-state index in [2.05, 4.69) is 17.1 Å². The summed E-state index contributed by atoms with van der Waals surface area (Å²) in [5.74, 6) is -0.865. The quantitative estimate of drug-likeness (QED) is 0.809. The second-order valence-corrected chi connectivity index (χ2v) is 5.69. The molecule has 19 heavy (non-hydrogen) atoms. The topological polar surface area (TPSA) is 84.4 Å². The van der Waals surface area contributed by atoms with Crippen LogP contribution >= 0.6 is 0 Å². The summed E-state index contributed by atoms with van der Waals surface area (Å²) < 4.78 is 10.7. The fourth-order valence-electron chi connectivity index (χ4n) is 3.57. The number of hydrogen-bond donors (Lipinski definition) is 2. The Balaban J connectivity index is 2.01. The molecule has 2 N–H and O–H groups in total. The van der Waals surface area contributed by atoms with Crippen LogP contribution in [-0.4, -0.2) is 41.3 Å². The predicted octanol–water partition coefficient (Wildman–Crippen LogP) is 1.64. The minimum atomic E-state index is -0.973. The summed E-state index contributed by atoms with van der Waals surface area (Å²) >= 11 is 0. The third-order valence-electron chi connectivity index (χ3n) is 4.49. The van der Waals surface area contributed by atoms with Crippen LogP contribution in [0.1, 0.15) is 53.8 Å².